The van der Waals surface area contributed by atoms with Gasteiger partial charge in [-0.1, -0.05) is 23.7 Å². The van der Waals surface area contributed by atoms with Gasteiger partial charge in [-0.25, -0.2) is 4.79 Å². The number of halogens is 1. The Bertz CT molecular complexity index is 949. The summed E-state index contributed by atoms with van der Waals surface area (Å²) < 4.78 is 2.92. The molecule has 1 unspecified atom stereocenters. The quantitative estimate of drug-likeness (QED) is 0.691. The van der Waals surface area contributed by atoms with Gasteiger partial charge in [-0.15, -0.1) is 0 Å². The third-order valence-electron chi connectivity index (χ3n) is 3.73. The molecule has 2 heterocycles. The molecule has 0 aliphatic heterocycles. The van der Waals surface area contributed by atoms with Crippen molar-refractivity contribution >= 4 is 29.2 Å². The lowest BCUT2D eigenvalue weighted by Gasteiger charge is -2.07. The van der Waals surface area contributed by atoms with Crippen molar-refractivity contribution in [3.05, 3.63) is 65.2 Å². The van der Waals surface area contributed by atoms with Crippen molar-refractivity contribution in [3.8, 4) is 0 Å². The highest BCUT2D eigenvalue weighted by Gasteiger charge is 2.17. The van der Waals surface area contributed by atoms with Gasteiger partial charge in [-0.2, -0.15) is 10.2 Å². The van der Waals surface area contributed by atoms with Crippen LogP contribution in [-0.4, -0.2) is 36.5 Å². The van der Waals surface area contributed by atoms with Gasteiger partial charge in [-0.05, 0) is 30.7 Å². The normalized spacial score (nSPS) is 11.9. The molecule has 0 fully saturated rings. The molecule has 2 aromatic heterocycles. The molecule has 26 heavy (non-hydrogen) atoms. The van der Waals surface area contributed by atoms with Crippen molar-refractivity contribution in [1.82, 2.24) is 19.6 Å². The number of aliphatic carboxylic acids is 1. The third kappa shape index (κ3) is 4.09. The molecule has 0 aliphatic rings. The average Bonchev–Trinajstić information content (AvgIpc) is 3.24. The van der Waals surface area contributed by atoms with Crippen molar-refractivity contribution in [2.24, 2.45) is 0 Å². The molecule has 3 aromatic rings. The van der Waals surface area contributed by atoms with Crippen molar-refractivity contribution in [2.75, 3.05) is 5.32 Å². The van der Waals surface area contributed by atoms with E-state index in [4.69, 9.17) is 16.7 Å². The number of nitrogens with zero attached hydrogens (tertiary/aromatic N) is 4. The van der Waals surface area contributed by atoms with Crippen LogP contribution in [0.15, 0.2) is 48.9 Å². The number of hydrogen-bond acceptors (Lipinski definition) is 4. The molecule has 1 aromatic carbocycles. The van der Waals surface area contributed by atoms with Crippen LogP contribution in [0.2, 0.25) is 5.02 Å². The van der Waals surface area contributed by atoms with Gasteiger partial charge < -0.3 is 10.4 Å². The molecule has 8 nitrogen and oxygen atoms in total. The topological polar surface area (TPSA) is 102 Å². The highest BCUT2D eigenvalue weighted by atomic mass is 35.5. The van der Waals surface area contributed by atoms with E-state index >= 15 is 0 Å². The van der Waals surface area contributed by atoms with Crippen LogP contribution in [0.25, 0.3) is 0 Å². The molecule has 1 atom stereocenters. The van der Waals surface area contributed by atoms with Gasteiger partial charge in [0, 0.05) is 18.1 Å². The van der Waals surface area contributed by atoms with E-state index in [0.29, 0.717) is 17.3 Å². The van der Waals surface area contributed by atoms with Gasteiger partial charge in [0.15, 0.2) is 5.69 Å². The lowest BCUT2D eigenvalue weighted by Crippen LogP contribution is -2.18. The zero-order chi connectivity index (χ0) is 18.7. The number of carbonyl (C=O) groups is 2. The van der Waals surface area contributed by atoms with Crippen LogP contribution >= 0.6 is 11.6 Å². The highest BCUT2D eigenvalue weighted by molar-refractivity contribution is 6.30. The summed E-state index contributed by atoms with van der Waals surface area (Å²) in [5, 5.41) is 20.4. The van der Waals surface area contributed by atoms with E-state index in [1.54, 1.807) is 23.1 Å². The second kappa shape index (κ2) is 7.40. The number of carboxylic acid groups (broad SMARTS) is 1. The number of anilines is 1. The Morgan fingerprint density at radius 1 is 1.35 bits per heavy atom. The van der Waals surface area contributed by atoms with Crippen LogP contribution in [0.3, 0.4) is 0 Å². The minimum atomic E-state index is -1.02. The van der Waals surface area contributed by atoms with Crippen LogP contribution in [0.5, 0.6) is 0 Å². The van der Waals surface area contributed by atoms with Crippen molar-refractivity contribution in [2.45, 2.75) is 19.5 Å². The number of amides is 1. The first-order valence-electron chi connectivity index (χ1n) is 7.78. The molecule has 3 rings (SSSR count). The van der Waals surface area contributed by atoms with Gasteiger partial charge in [0.05, 0.1) is 17.8 Å². The van der Waals surface area contributed by atoms with E-state index in [0.717, 1.165) is 5.56 Å². The molecule has 0 spiro atoms. The molecule has 0 aliphatic carbocycles. The summed E-state index contributed by atoms with van der Waals surface area (Å²) in [5.41, 5.74) is 1.68. The van der Waals surface area contributed by atoms with Crippen molar-refractivity contribution < 1.29 is 14.7 Å². The van der Waals surface area contributed by atoms with E-state index in [2.05, 4.69) is 15.5 Å². The van der Waals surface area contributed by atoms with Gasteiger partial charge in [0.2, 0.25) is 0 Å². The maximum absolute atomic E-state index is 12.3. The fourth-order valence-electron chi connectivity index (χ4n) is 2.34. The smallest absolute Gasteiger partial charge is 0.328 e. The molecule has 9 heteroatoms. The van der Waals surface area contributed by atoms with E-state index in [-0.39, 0.29) is 5.69 Å². The summed E-state index contributed by atoms with van der Waals surface area (Å²) in [4.78, 5) is 23.3. The van der Waals surface area contributed by atoms with Crippen LogP contribution in [0.4, 0.5) is 5.69 Å². The van der Waals surface area contributed by atoms with Crippen LogP contribution in [-0.2, 0) is 11.3 Å². The standard InChI is InChI=1S/C17H16ClN5O3/c1-11(17(25)26)23-6-5-15(21-23)16(24)20-14-4-2-3-12(7-14)9-22-10-13(18)8-19-22/h2-8,10-11H,9H2,1H3,(H,20,24)(H,25,26). The molecule has 0 saturated carbocycles. The summed E-state index contributed by atoms with van der Waals surface area (Å²) in [6.45, 7) is 2.00. The second-order valence-electron chi connectivity index (χ2n) is 5.71. The van der Waals surface area contributed by atoms with Crippen LogP contribution < -0.4 is 5.32 Å². The molecule has 1 amide bonds. The number of carbonyl (C=O) groups excluding carboxylic acids is 1. The van der Waals surface area contributed by atoms with Crippen LogP contribution in [0.1, 0.15) is 29.0 Å². The number of hydrogen-bond donors (Lipinski definition) is 2. The average molecular weight is 374 g/mol. The monoisotopic (exact) mass is 373 g/mol. The molecule has 0 radical (unpaired) electrons. The molecule has 134 valence electrons. The highest BCUT2D eigenvalue weighted by Crippen LogP contribution is 2.15. The van der Waals surface area contributed by atoms with Crippen LogP contribution in [0, 0.1) is 0 Å². The number of carboxylic acids is 1. The minimum absolute atomic E-state index is 0.141. The Morgan fingerprint density at radius 3 is 2.85 bits per heavy atom. The fraction of sp³-hybridized carbons (Fsp3) is 0.176. The van der Waals surface area contributed by atoms with Gasteiger partial charge >= 0.3 is 5.97 Å². The predicted molar refractivity (Wildman–Crippen MR) is 95.3 cm³/mol. The molecular formula is C17H16ClN5O3. The predicted octanol–water partition coefficient (Wildman–Crippen LogP) is 2.68. The molecule has 0 saturated heterocycles. The lowest BCUT2D eigenvalue weighted by atomic mass is 10.2. The van der Waals surface area contributed by atoms with Gasteiger partial charge in [0.25, 0.3) is 5.91 Å². The zero-order valence-corrected chi connectivity index (χ0v) is 14.6. The lowest BCUT2D eigenvalue weighted by molar-refractivity contribution is -0.140. The van der Waals surface area contributed by atoms with E-state index in [1.165, 1.54) is 23.9 Å². The number of aromatic nitrogens is 4. The first kappa shape index (κ1) is 17.7. The SMILES string of the molecule is CC(C(=O)O)n1ccc(C(=O)Nc2cccc(Cn3cc(Cl)cn3)c2)n1. The molecule has 0 bridgehead atoms. The molecular weight excluding hydrogens is 358 g/mol. The second-order valence-corrected chi connectivity index (χ2v) is 6.14. The van der Waals surface area contributed by atoms with Crippen molar-refractivity contribution in [1.29, 1.82) is 0 Å². The molecule has 2 N–H and O–H groups in total. The maximum atomic E-state index is 12.3. The number of benzene rings is 1. The number of nitrogens with one attached hydrogen (secondary N) is 1. The Morgan fingerprint density at radius 2 is 2.15 bits per heavy atom. The first-order valence-corrected chi connectivity index (χ1v) is 8.16. The minimum Gasteiger partial charge on any atom is -0.480 e. The Kier molecular flexibility index (Phi) is 5.04. The summed E-state index contributed by atoms with van der Waals surface area (Å²) in [5.74, 6) is -1.44. The van der Waals surface area contributed by atoms with Gasteiger partial charge in [-0.3, -0.25) is 14.2 Å². The first-order chi connectivity index (χ1) is 12.4. The Balaban J connectivity index is 1.69. The largest absolute Gasteiger partial charge is 0.480 e. The van der Waals surface area contributed by atoms with Gasteiger partial charge in [0.1, 0.15) is 6.04 Å². The summed E-state index contributed by atoms with van der Waals surface area (Å²) in [6.07, 6.45) is 4.73. The van der Waals surface area contributed by atoms with E-state index in [9.17, 15) is 9.59 Å². The summed E-state index contributed by atoms with van der Waals surface area (Å²) >= 11 is 5.85. The van der Waals surface area contributed by atoms with E-state index < -0.39 is 17.9 Å². The van der Waals surface area contributed by atoms with E-state index in [1.807, 2.05) is 18.2 Å². The van der Waals surface area contributed by atoms with Crippen molar-refractivity contribution in [3.63, 3.8) is 0 Å². The summed E-state index contributed by atoms with van der Waals surface area (Å²) in [7, 11) is 0. The maximum Gasteiger partial charge on any atom is 0.328 e. The third-order valence-corrected chi connectivity index (χ3v) is 3.92. The fourth-order valence-corrected chi connectivity index (χ4v) is 2.50. The Labute approximate surface area is 154 Å². The number of rotatable bonds is 6. The Hall–Kier alpha value is -3.13. The zero-order valence-electron chi connectivity index (χ0n) is 13.8. The summed E-state index contributed by atoms with van der Waals surface area (Å²) in [6, 6.07) is 7.94.